The molecule has 6 nitrogen and oxygen atoms in total. The minimum absolute atomic E-state index is 0.135. The number of amides is 1. The molecule has 0 unspecified atom stereocenters. The molecule has 1 rings (SSSR count). The largest absolute Gasteiger partial charge is 0.480 e. The van der Waals surface area contributed by atoms with Crippen LogP contribution in [0.4, 0.5) is 5.69 Å². The van der Waals surface area contributed by atoms with Gasteiger partial charge in [0.15, 0.2) is 0 Å². The minimum Gasteiger partial charge on any atom is -0.480 e. The van der Waals surface area contributed by atoms with Gasteiger partial charge >= 0.3 is 5.97 Å². The molecule has 0 bridgehead atoms. The second-order valence-electron chi connectivity index (χ2n) is 5.71. The third-order valence-corrected chi connectivity index (χ3v) is 4.16. The molecule has 24 heavy (non-hydrogen) atoms. The van der Waals surface area contributed by atoms with E-state index in [4.69, 9.17) is 17.3 Å². The fourth-order valence-corrected chi connectivity index (χ4v) is 2.45. The van der Waals surface area contributed by atoms with E-state index >= 15 is 0 Å². The highest BCUT2D eigenvalue weighted by Gasteiger charge is 2.20. The van der Waals surface area contributed by atoms with Gasteiger partial charge in [-0.05, 0) is 50.6 Å². The van der Waals surface area contributed by atoms with Gasteiger partial charge in [0.1, 0.15) is 6.04 Å². The lowest BCUT2D eigenvalue weighted by molar-refractivity contribution is -0.141. The van der Waals surface area contributed by atoms with Crippen molar-refractivity contribution in [2.45, 2.75) is 45.1 Å². The fourth-order valence-electron chi connectivity index (χ4n) is 2.28. The van der Waals surface area contributed by atoms with E-state index in [0.29, 0.717) is 23.8 Å². The summed E-state index contributed by atoms with van der Waals surface area (Å²) in [6.07, 6.45) is 3.72. The van der Waals surface area contributed by atoms with Crippen molar-refractivity contribution < 1.29 is 14.7 Å². The Labute approximate surface area is 147 Å². The fraction of sp³-hybridized carbons (Fsp3) is 0.529. The van der Waals surface area contributed by atoms with E-state index in [1.165, 1.54) is 0 Å². The zero-order chi connectivity index (χ0) is 17.9. The van der Waals surface area contributed by atoms with Crippen LogP contribution >= 0.6 is 11.6 Å². The van der Waals surface area contributed by atoms with Crippen molar-refractivity contribution >= 4 is 29.2 Å². The van der Waals surface area contributed by atoms with Crippen LogP contribution in [0.2, 0.25) is 5.02 Å². The van der Waals surface area contributed by atoms with Gasteiger partial charge in [-0.1, -0.05) is 30.5 Å². The van der Waals surface area contributed by atoms with Crippen LogP contribution in [-0.4, -0.2) is 36.1 Å². The van der Waals surface area contributed by atoms with Gasteiger partial charge in [0, 0.05) is 10.7 Å². The molecular formula is C17H26ClN3O3. The van der Waals surface area contributed by atoms with Crippen LogP contribution in [0.1, 0.15) is 37.7 Å². The summed E-state index contributed by atoms with van der Waals surface area (Å²) in [4.78, 5) is 23.4. The van der Waals surface area contributed by atoms with Gasteiger partial charge in [-0.25, -0.2) is 0 Å². The van der Waals surface area contributed by atoms with E-state index < -0.39 is 12.0 Å². The van der Waals surface area contributed by atoms with E-state index in [9.17, 15) is 14.7 Å². The van der Waals surface area contributed by atoms with Crippen LogP contribution < -0.4 is 16.4 Å². The molecule has 1 aromatic rings. The summed E-state index contributed by atoms with van der Waals surface area (Å²) in [7, 11) is 0. The molecule has 0 spiro atoms. The first kappa shape index (κ1) is 20.4. The highest BCUT2D eigenvalue weighted by atomic mass is 35.5. The van der Waals surface area contributed by atoms with Crippen LogP contribution in [0.5, 0.6) is 0 Å². The van der Waals surface area contributed by atoms with Crippen LogP contribution in [0.25, 0.3) is 0 Å². The molecule has 1 aromatic carbocycles. The minimum atomic E-state index is -1.03. The molecule has 0 aromatic heterocycles. The molecule has 0 radical (unpaired) electrons. The smallest absolute Gasteiger partial charge is 0.321 e. The van der Waals surface area contributed by atoms with Crippen molar-refractivity contribution in [3.05, 3.63) is 28.8 Å². The van der Waals surface area contributed by atoms with Crippen molar-refractivity contribution in [3.8, 4) is 0 Å². The first-order valence-corrected chi connectivity index (χ1v) is 8.54. The molecule has 7 heteroatoms. The van der Waals surface area contributed by atoms with Crippen LogP contribution in [0.15, 0.2) is 18.2 Å². The van der Waals surface area contributed by atoms with Gasteiger partial charge < -0.3 is 21.5 Å². The average Bonchev–Trinajstić information content (AvgIpc) is 2.53. The normalized spacial score (nSPS) is 12.0. The number of anilines is 1. The lowest BCUT2D eigenvalue weighted by Gasteiger charge is -2.15. The maximum absolute atomic E-state index is 12.1. The zero-order valence-corrected chi connectivity index (χ0v) is 14.7. The van der Waals surface area contributed by atoms with Crippen molar-refractivity contribution in [3.63, 3.8) is 0 Å². The average molecular weight is 356 g/mol. The predicted molar refractivity (Wildman–Crippen MR) is 96.4 cm³/mol. The van der Waals surface area contributed by atoms with E-state index in [0.717, 1.165) is 31.2 Å². The highest BCUT2D eigenvalue weighted by molar-refractivity contribution is 6.31. The van der Waals surface area contributed by atoms with Gasteiger partial charge in [-0.2, -0.15) is 0 Å². The lowest BCUT2D eigenvalue weighted by Crippen LogP contribution is -2.40. The maximum Gasteiger partial charge on any atom is 0.321 e. The summed E-state index contributed by atoms with van der Waals surface area (Å²) < 4.78 is 0. The standard InChI is InChI=1S/C17H26ClN3O3/c1-12-13(18)7-6-8-14(12)21-16(22)11-15(17(23)24)20-10-5-3-2-4-9-19/h6-8,15,20H,2-5,9-11,19H2,1H3,(H,21,22)(H,23,24)/t15-/m0/s1. The Morgan fingerprint density at radius 3 is 2.62 bits per heavy atom. The van der Waals surface area contributed by atoms with Crippen LogP contribution in [0, 0.1) is 6.92 Å². The van der Waals surface area contributed by atoms with Gasteiger partial charge in [0.05, 0.1) is 6.42 Å². The number of benzene rings is 1. The quantitative estimate of drug-likeness (QED) is 0.456. The summed E-state index contributed by atoms with van der Waals surface area (Å²) >= 11 is 6.01. The zero-order valence-electron chi connectivity index (χ0n) is 14.0. The summed E-state index contributed by atoms with van der Waals surface area (Å²) in [5, 5.41) is 15.4. The topological polar surface area (TPSA) is 104 Å². The van der Waals surface area contributed by atoms with E-state index in [-0.39, 0.29) is 12.3 Å². The molecule has 0 saturated heterocycles. The Hall–Kier alpha value is -1.63. The number of hydrogen-bond acceptors (Lipinski definition) is 4. The monoisotopic (exact) mass is 355 g/mol. The summed E-state index contributed by atoms with van der Waals surface area (Å²) in [6, 6.07) is 4.30. The number of carboxylic acid groups (broad SMARTS) is 1. The number of hydrogen-bond donors (Lipinski definition) is 4. The molecule has 1 amide bonds. The number of carbonyl (C=O) groups is 2. The Kier molecular flexibility index (Phi) is 9.37. The van der Waals surface area contributed by atoms with E-state index in [1.807, 2.05) is 0 Å². The van der Waals surface area contributed by atoms with E-state index in [1.54, 1.807) is 25.1 Å². The number of aliphatic carboxylic acids is 1. The number of nitrogens with one attached hydrogen (secondary N) is 2. The third kappa shape index (κ3) is 7.29. The first-order valence-electron chi connectivity index (χ1n) is 8.17. The molecule has 5 N–H and O–H groups in total. The van der Waals surface area contributed by atoms with Crippen molar-refractivity contribution in [2.24, 2.45) is 5.73 Å². The molecule has 0 fully saturated rings. The second-order valence-corrected chi connectivity index (χ2v) is 6.12. The Bertz CT molecular complexity index is 552. The molecule has 0 aliphatic carbocycles. The van der Waals surface area contributed by atoms with Crippen LogP contribution in [-0.2, 0) is 9.59 Å². The number of halogens is 1. The molecule has 0 aliphatic heterocycles. The molecule has 1 atom stereocenters. The summed E-state index contributed by atoms with van der Waals surface area (Å²) in [6.45, 7) is 3.03. The lowest BCUT2D eigenvalue weighted by atomic mass is 10.1. The Morgan fingerprint density at radius 2 is 1.96 bits per heavy atom. The van der Waals surface area contributed by atoms with Crippen LogP contribution in [0.3, 0.4) is 0 Å². The molecule has 0 saturated carbocycles. The number of carbonyl (C=O) groups excluding carboxylic acids is 1. The highest BCUT2D eigenvalue weighted by Crippen LogP contribution is 2.23. The maximum atomic E-state index is 12.1. The number of nitrogens with two attached hydrogens (primary N) is 1. The molecule has 0 aliphatic rings. The number of carboxylic acids is 1. The number of rotatable bonds is 11. The van der Waals surface area contributed by atoms with Gasteiger partial charge in [-0.3, -0.25) is 9.59 Å². The van der Waals surface area contributed by atoms with Crippen molar-refractivity contribution in [1.29, 1.82) is 0 Å². The van der Waals surface area contributed by atoms with Gasteiger partial charge in [0.2, 0.25) is 5.91 Å². The van der Waals surface area contributed by atoms with Gasteiger partial charge in [0.25, 0.3) is 0 Å². The molecule has 0 heterocycles. The summed E-state index contributed by atoms with van der Waals surface area (Å²) in [5.74, 6) is -1.39. The number of unbranched alkanes of at least 4 members (excludes halogenated alkanes) is 3. The third-order valence-electron chi connectivity index (χ3n) is 3.75. The van der Waals surface area contributed by atoms with E-state index in [2.05, 4.69) is 10.6 Å². The van der Waals surface area contributed by atoms with Gasteiger partial charge in [-0.15, -0.1) is 0 Å². The Morgan fingerprint density at radius 1 is 1.25 bits per heavy atom. The Balaban J connectivity index is 2.45. The second kappa shape index (κ2) is 11.0. The first-order chi connectivity index (χ1) is 11.5. The van der Waals surface area contributed by atoms with Crippen molar-refractivity contribution in [1.82, 2.24) is 5.32 Å². The molecular weight excluding hydrogens is 330 g/mol. The summed E-state index contributed by atoms with van der Waals surface area (Å²) in [5.41, 5.74) is 6.78. The molecule has 134 valence electrons. The SMILES string of the molecule is Cc1c(Cl)cccc1NC(=O)C[C@H](NCCCCCCN)C(=O)O. The predicted octanol–water partition coefficient (Wildman–Crippen LogP) is 2.54. The van der Waals surface area contributed by atoms with Crippen molar-refractivity contribution in [2.75, 3.05) is 18.4 Å².